The summed E-state index contributed by atoms with van der Waals surface area (Å²) in [6.45, 7) is 1.22. The molecule has 0 saturated carbocycles. The Bertz CT molecular complexity index is 563. The van der Waals surface area contributed by atoms with Gasteiger partial charge in [-0.3, -0.25) is 4.79 Å². The van der Waals surface area contributed by atoms with Crippen molar-refractivity contribution in [3.63, 3.8) is 0 Å². The molecule has 0 aliphatic heterocycles. The first kappa shape index (κ1) is 17.3. The number of rotatable bonds is 5. The Morgan fingerprint density at radius 2 is 2.00 bits per heavy atom. The van der Waals surface area contributed by atoms with Crippen LogP contribution < -0.4 is 0 Å². The molecule has 0 heterocycles. The van der Waals surface area contributed by atoms with Gasteiger partial charge in [0.05, 0.1) is 6.61 Å². The average molecular weight is 321 g/mol. The molecule has 0 aliphatic rings. The number of carbonyl (C=O) groups excluding carboxylic acids is 2. The predicted molar refractivity (Wildman–Crippen MR) is 71.3 cm³/mol. The van der Waals surface area contributed by atoms with E-state index < -0.39 is 24.5 Å². The number of allylic oxidation sites excluding steroid dienone is 1. The van der Waals surface area contributed by atoms with Gasteiger partial charge < -0.3 is 4.74 Å². The molecule has 0 radical (unpaired) electrons. The van der Waals surface area contributed by atoms with Crippen LogP contribution in [-0.4, -0.2) is 24.7 Å². The fourth-order valence-electron chi connectivity index (χ4n) is 1.69. The van der Waals surface area contributed by atoms with Crippen molar-refractivity contribution in [3.05, 3.63) is 34.9 Å². The summed E-state index contributed by atoms with van der Waals surface area (Å²) in [5, 5.41) is 0.112. The molecule has 0 aliphatic carbocycles. The van der Waals surface area contributed by atoms with E-state index in [9.17, 15) is 22.8 Å². The van der Waals surface area contributed by atoms with E-state index in [0.29, 0.717) is 0 Å². The molecule has 1 aromatic rings. The van der Waals surface area contributed by atoms with Crippen molar-refractivity contribution >= 4 is 29.1 Å². The van der Waals surface area contributed by atoms with Gasteiger partial charge in [0.2, 0.25) is 0 Å². The molecule has 3 nitrogen and oxygen atoms in total. The van der Waals surface area contributed by atoms with Crippen LogP contribution in [0.3, 0.4) is 0 Å². The summed E-state index contributed by atoms with van der Waals surface area (Å²) in [7, 11) is 0. The molecule has 21 heavy (non-hydrogen) atoms. The van der Waals surface area contributed by atoms with Gasteiger partial charge in [-0.25, -0.2) is 4.79 Å². The molecule has 0 N–H and O–H groups in total. The minimum Gasteiger partial charge on any atom is -0.466 e. The molecule has 0 saturated heterocycles. The van der Waals surface area contributed by atoms with Crippen molar-refractivity contribution in [1.29, 1.82) is 0 Å². The first-order valence-electron chi connectivity index (χ1n) is 6.03. The van der Waals surface area contributed by atoms with E-state index in [1.807, 2.05) is 0 Å². The summed E-state index contributed by atoms with van der Waals surface area (Å²) < 4.78 is 43.2. The smallest absolute Gasteiger partial charge is 0.402 e. The zero-order chi connectivity index (χ0) is 16.0. The van der Waals surface area contributed by atoms with E-state index in [2.05, 4.69) is 4.74 Å². The van der Waals surface area contributed by atoms with Crippen LogP contribution in [0, 0.1) is 5.92 Å². The molecule has 0 amide bonds. The third-order valence-corrected chi connectivity index (χ3v) is 3.03. The van der Waals surface area contributed by atoms with Crippen LogP contribution in [0.1, 0.15) is 18.9 Å². The second-order valence-corrected chi connectivity index (χ2v) is 4.52. The van der Waals surface area contributed by atoms with Crippen molar-refractivity contribution in [2.75, 3.05) is 6.61 Å². The molecule has 114 valence electrons. The third-order valence-electron chi connectivity index (χ3n) is 2.70. The van der Waals surface area contributed by atoms with Gasteiger partial charge >= 0.3 is 12.1 Å². The molecule has 1 aromatic carbocycles. The van der Waals surface area contributed by atoms with Crippen molar-refractivity contribution in [1.82, 2.24) is 0 Å². The molecule has 1 atom stereocenters. The zero-order valence-corrected chi connectivity index (χ0v) is 11.8. The summed E-state index contributed by atoms with van der Waals surface area (Å²) >= 11 is 5.84. The van der Waals surface area contributed by atoms with Crippen LogP contribution in [0.15, 0.2) is 24.3 Å². The van der Waals surface area contributed by atoms with Crippen molar-refractivity contribution in [2.24, 2.45) is 5.92 Å². The average Bonchev–Trinajstić information content (AvgIpc) is 2.40. The Kier molecular flexibility index (Phi) is 6.00. The number of ether oxygens (including phenoxy) is 1. The van der Waals surface area contributed by atoms with Gasteiger partial charge in [0.1, 0.15) is 5.94 Å². The zero-order valence-electron chi connectivity index (χ0n) is 11.0. The first-order valence-corrected chi connectivity index (χ1v) is 6.41. The van der Waals surface area contributed by atoms with Crippen molar-refractivity contribution in [3.8, 4) is 0 Å². The predicted octanol–water partition coefficient (Wildman–Crippen LogP) is 3.69. The van der Waals surface area contributed by atoms with E-state index in [0.717, 1.165) is 0 Å². The summed E-state index contributed by atoms with van der Waals surface area (Å²) in [5.74, 6) is -2.42. The molecule has 1 unspecified atom stereocenters. The lowest BCUT2D eigenvalue weighted by atomic mass is 9.94. The lowest BCUT2D eigenvalue weighted by Gasteiger charge is -2.19. The fraction of sp³-hybridized carbons (Fsp3) is 0.357. The van der Waals surface area contributed by atoms with E-state index in [4.69, 9.17) is 11.6 Å². The van der Waals surface area contributed by atoms with Gasteiger partial charge in [0, 0.05) is 22.6 Å². The Labute approximate surface area is 124 Å². The lowest BCUT2D eigenvalue weighted by Crippen LogP contribution is -2.32. The van der Waals surface area contributed by atoms with Gasteiger partial charge in [0.15, 0.2) is 5.92 Å². The largest absolute Gasteiger partial charge is 0.466 e. The van der Waals surface area contributed by atoms with Gasteiger partial charge in [-0.05, 0) is 13.0 Å². The number of benzene rings is 1. The van der Waals surface area contributed by atoms with E-state index in [1.54, 1.807) is 6.07 Å². The summed E-state index contributed by atoms with van der Waals surface area (Å²) in [6.07, 6.45) is -5.69. The number of hydrogen-bond donors (Lipinski definition) is 0. The Hall–Kier alpha value is -1.78. The Morgan fingerprint density at radius 3 is 2.48 bits per heavy atom. The normalized spacial score (nSPS) is 12.4. The van der Waals surface area contributed by atoms with Crippen LogP contribution in [0.2, 0.25) is 5.02 Å². The molecule has 0 aromatic heterocycles. The lowest BCUT2D eigenvalue weighted by molar-refractivity contribution is -0.196. The van der Waals surface area contributed by atoms with Gasteiger partial charge in [-0.2, -0.15) is 13.2 Å². The minimum absolute atomic E-state index is 0.112. The summed E-state index contributed by atoms with van der Waals surface area (Å²) in [4.78, 5) is 22.4. The van der Waals surface area contributed by atoms with E-state index >= 15 is 0 Å². The highest BCUT2D eigenvalue weighted by Gasteiger charge is 2.46. The van der Waals surface area contributed by atoms with Crippen LogP contribution >= 0.6 is 11.6 Å². The maximum Gasteiger partial charge on any atom is 0.402 e. The summed E-state index contributed by atoms with van der Waals surface area (Å²) in [5.41, 5.74) is -0.205. The van der Waals surface area contributed by atoms with Crippen molar-refractivity contribution in [2.45, 2.75) is 19.5 Å². The number of alkyl halides is 3. The van der Waals surface area contributed by atoms with Gasteiger partial charge in [-0.1, -0.05) is 29.8 Å². The minimum atomic E-state index is -4.82. The van der Waals surface area contributed by atoms with Crippen LogP contribution in [0.4, 0.5) is 13.2 Å². The standard InChI is InChI=1S/C14H12ClF3O3/c1-2-21-13(20)11(14(16,17)18)7-9(8-19)10-5-3-4-6-12(10)15/h3-6,11H,2,7H2,1H3. The molecule has 0 fully saturated rings. The quantitative estimate of drug-likeness (QED) is 0.614. The maximum atomic E-state index is 12.9. The SMILES string of the molecule is CCOC(=O)C(CC(=C=O)c1ccccc1Cl)C(F)(F)F. The number of hydrogen-bond acceptors (Lipinski definition) is 3. The highest BCUT2D eigenvalue weighted by Crippen LogP contribution is 2.35. The van der Waals surface area contributed by atoms with Crippen LogP contribution in [0.25, 0.3) is 5.57 Å². The number of esters is 1. The highest BCUT2D eigenvalue weighted by atomic mass is 35.5. The van der Waals surface area contributed by atoms with Crippen LogP contribution in [-0.2, 0) is 14.3 Å². The van der Waals surface area contributed by atoms with Gasteiger partial charge in [0.25, 0.3) is 0 Å². The third kappa shape index (κ3) is 4.62. The molecule has 0 bridgehead atoms. The molecule has 7 heteroatoms. The monoisotopic (exact) mass is 320 g/mol. The topological polar surface area (TPSA) is 43.4 Å². The second kappa shape index (κ2) is 7.29. The first-order chi connectivity index (χ1) is 9.81. The molecular weight excluding hydrogens is 309 g/mol. The fourth-order valence-corrected chi connectivity index (χ4v) is 1.94. The molecule has 0 spiro atoms. The summed E-state index contributed by atoms with van der Waals surface area (Å²) in [6, 6.07) is 5.91. The highest BCUT2D eigenvalue weighted by molar-refractivity contribution is 6.32. The van der Waals surface area contributed by atoms with E-state index in [1.165, 1.54) is 31.1 Å². The van der Waals surface area contributed by atoms with E-state index in [-0.39, 0.29) is 22.8 Å². The molecular formula is C14H12ClF3O3. The second-order valence-electron chi connectivity index (χ2n) is 4.11. The molecule has 1 rings (SSSR count). The number of carbonyl (C=O) groups is 1. The van der Waals surface area contributed by atoms with Crippen LogP contribution in [0.5, 0.6) is 0 Å². The van der Waals surface area contributed by atoms with Gasteiger partial charge in [-0.15, -0.1) is 0 Å². The maximum absolute atomic E-state index is 12.9. The Morgan fingerprint density at radius 1 is 1.38 bits per heavy atom. The van der Waals surface area contributed by atoms with Crippen molar-refractivity contribution < 1.29 is 27.5 Å². The number of halogens is 4. The Balaban J connectivity index is 3.10.